The molecule has 0 unspecified atom stereocenters. The molecule has 1 atom stereocenters. The molecule has 0 saturated heterocycles. The SMILES string of the molecule is O=C(O)C[C@@H](Cc1nc2c(Cl)cc(Cl)cc2[nH]1)c1ccc(Cl)cc1. The molecule has 7 heteroatoms. The van der Waals surface area contributed by atoms with Gasteiger partial charge in [0, 0.05) is 22.4 Å². The number of nitrogens with one attached hydrogen (secondary N) is 1. The summed E-state index contributed by atoms with van der Waals surface area (Å²) < 4.78 is 0. The van der Waals surface area contributed by atoms with E-state index in [9.17, 15) is 9.90 Å². The van der Waals surface area contributed by atoms with Gasteiger partial charge in [-0.2, -0.15) is 0 Å². The third-order valence-electron chi connectivity index (χ3n) is 3.76. The number of carboxylic acid groups (broad SMARTS) is 1. The molecule has 1 aromatic heterocycles. The van der Waals surface area contributed by atoms with Crippen LogP contribution in [-0.2, 0) is 11.2 Å². The Morgan fingerprint density at radius 2 is 1.83 bits per heavy atom. The predicted octanol–water partition coefficient (Wildman–Crippen LogP) is 5.32. The summed E-state index contributed by atoms with van der Waals surface area (Å²) in [4.78, 5) is 18.9. The molecule has 3 rings (SSSR count). The van der Waals surface area contributed by atoms with Crippen LogP contribution in [0.2, 0.25) is 15.1 Å². The van der Waals surface area contributed by atoms with E-state index in [2.05, 4.69) is 9.97 Å². The highest BCUT2D eigenvalue weighted by molar-refractivity contribution is 6.38. The summed E-state index contributed by atoms with van der Waals surface area (Å²) in [7, 11) is 0. The largest absolute Gasteiger partial charge is 0.481 e. The van der Waals surface area contributed by atoms with Crippen LogP contribution in [0.3, 0.4) is 0 Å². The van der Waals surface area contributed by atoms with Gasteiger partial charge in [-0.15, -0.1) is 0 Å². The molecule has 3 aromatic rings. The van der Waals surface area contributed by atoms with Crippen molar-refractivity contribution in [2.45, 2.75) is 18.8 Å². The van der Waals surface area contributed by atoms with E-state index in [0.29, 0.717) is 32.8 Å². The second-order valence-corrected chi connectivity index (χ2v) is 6.80. The smallest absolute Gasteiger partial charge is 0.303 e. The molecule has 0 aliphatic rings. The molecule has 2 aromatic carbocycles. The molecule has 1 heterocycles. The van der Waals surface area contributed by atoms with E-state index in [4.69, 9.17) is 34.8 Å². The van der Waals surface area contributed by atoms with Crippen molar-refractivity contribution in [2.75, 3.05) is 0 Å². The van der Waals surface area contributed by atoms with Gasteiger partial charge in [-0.3, -0.25) is 4.79 Å². The van der Waals surface area contributed by atoms with E-state index < -0.39 is 5.97 Å². The number of aromatic nitrogens is 2. The van der Waals surface area contributed by atoms with Crippen LogP contribution in [-0.4, -0.2) is 21.0 Å². The summed E-state index contributed by atoms with van der Waals surface area (Å²) in [5, 5.41) is 10.8. The monoisotopic (exact) mass is 382 g/mol. The van der Waals surface area contributed by atoms with Crippen molar-refractivity contribution in [3.05, 3.63) is 62.9 Å². The van der Waals surface area contributed by atoms with Gasteiger partial charge in [-0.1, -0.05) is 46.9 Å². The first-order valence-corrected chi connectivity index (χ1v) is 8.36. The Balaban J connectivity index is 1.93. The number of benzene rings is 2. The molecule has 0 saturated carbocycles. The van der Waals surface area contributed by atoms with Crippen molar-refractivity contribution in [2.24, 2.45) is 0 Å². The predicted molar refractivity (Wildman–Crippen MR) is 96.3 cm³/mol. The highest BCUT2D eigenvalue weighted by Crippen LogP contribution is 2.29. The van der Waals surface area contributed by atoms with Crippen LogP contribution in [0.4, 0.5) is 0 Å². The van der Waals surface area contributed by atoms with Crippen LogP contribution in [0.15, 0.2) is 36.4 Å². The van der Waals surface area contributed by atoms with Crippen molar-refractivity contribution in [3.63, 3.8) is 0 Å². The third-order valence-corrected chi connectivity index (χ3v) is 4.51. The lowest BCUT2D eigenvalue weighted by molar-refractivity contribution is -0.137. The van der Waals surface area contributed by atoms with Gasteiger partial charge in [-0.25, -0.2) is 4.98 Å². The lowest BCUT2D eigenvalue weighted by atomic mass is 9.92. The molecule has 2 N–H and O–H groups in total. The van der Waals surface area contributed by atoms with Gasteiger partial charge in [0.15, 0.2) is 0 Å². The number of carbonyl (C=O) groups is 1. The van der Waals surface area contributed by atoms with E-state index in [-0.39, 0.29) is 12.3 Å². The van der Waals surface area contributed by atoms with Crippen molar-refractivity contribution in [1.82, 2.24) is 9.97 Å². The Morgan fingerprint density at radius 3 is 2.50 bits per heavy atom. The first-order chi connectivity index (χ1) is 11.4. The lowest BCUT2D eigenvalue weighted by Crippen LogP contribution is -2.10. The van der Waals surface area contributed by atoms with Crippen LogP contribution >= 0.6 is 34.8 Å². The molecule has 124 valence electrons. The average Bonchev–Trinajstić information content (AvgIpc) is 2.89. The fourth-order valence-electron chi connectivity index (χ4n) is 2.68. The summed E-state index contributed by atoms with van der Waals surface area (Å²) in [6, 6.07) is 10.5. The molecule has 0 spiro atoms. The minimum absolute atomic E-state index is 0.00678. The van der Waals surface area contributed by atoms with Crippen LogP contribution in [0, 0.1) is 0 Å². The van der Waals surface area contributed by atoms with Gasteiger partial charge in [0.05, 0.1) is 17.0 Å². The maximum absolute atomic E-state index is 11.2. The van der Waals surface area contributed by atoms with E-state index in [0.717, 1.165) is 11.1 Å². The second-order valence-electron chi connectivity index (χ2n) is 5.52. The molecule has 0 amide bonds. The van der Waals surface area contributed by atoms with Gasteiger partial charge in [0.25, 0.3) is 0 Å². The normalized spacial score (nSPS) is 12.5. The number of imidazole rings is 1. The first-order valence-electron chi connectivity index (χ1n) is 7.23. The standard InChI is InChI=1S/C17H13Cl3N2O2/c18-11-3-1-9(2-4-11)10(6-16(23)24)5-15-21-14-8-12(19)7-13(20)17(14)22-15/h1-4,7-8,10H,5-6H2,(H,21,22)(H,23,24)/t10-/m1/s1. The van der Waals surface area contributed by atoms with E-state index in [1.807, 2.05) is 12.1 Å². The fourth-order valence-corrected chi connectivity index (χ4v) is 3.34. The zero-order valence-electron chi connectivity index (χ0n) is 12.4. The molecule has 0 aliphatic carbocycles. The lowest BCUT2D eigenvalue weighted by Gasteiger charge is -2.14. The van der Waals surface area contributed by atoms with E-state index in [1.54, 1.807) is 24.3 Å². The number of nitrogens with zero attached hydrogens (tertiary/aromatic N) is 1. The topological polar surface area (TPSA) is 66.0 Å². The maximum Gasteiger partial charge on any atom is 0.303 e. The van der Waals surface area contributed by atoms with Gasteiger partial charge < -0.3 is 10.1 Å². The first kappa shape index (κ1) is 17.1. The van der Waals surface area contributed by atoms with Gasteiger partial charge in [0.1, 0.15) is 11.3 Å². The Bertz CT molecular complexity index is 891. The Hall–Kier alpha value is -1.75. The zero-order chi connectivity index (χ0) is 17.3. The zero-order valence-corrected chi connectivity index (χ0v) is 14.7. The molecule has 0 radical (unpaired) electrons. The highest BCUT2D eigenvalue weighted by Gasteiger charge is 2.19. The van der Waals surface area contributed by atoms with Crippen LogP contribution in [0.25, 0.3) is 11.0 Å². The summed E-state index contributed by atoms with van der Waals surface area (Å²) in [5.41, 5.74) is 2.25. The molecular weight excluding hydrogens is 371 g/mol. The molecule has 0 aliphatic heterocycles. The molecule has 0 bridgehead atoms. The molecular formula is C17H13Cl3N2O2. The number of aromatic amines is 1. The molecule has 0 fully saturated rings. The van der Waals surface area contributed by atoms with Crippen molar-refractivity contribution in [1.29, 1.82) is 0 Å². The Kier molecular flexibility index (Phi) is 4.99. The maximum atomic E-state index is 11.2. The number of hydrogen-bond donors (Lipinski definition) is 2. The van der Waals surface area contributed by atoms with E-state index in [1.165, 1.54) is 0 Å². The van der Waals surface area contributed by atoms with Crippen molar-refractivity contribution < 1.29 is 9.90 Å². The molecule has 4 nitrogen and oxygen atoms in total. The van der Waals surface area contributed by atoms with E-state index >= 15 is 0 Å². The van der Waals surface area contributed by atoms with Gasteiger partial charge in [-0.05, 0) is 29.8 Å². The fraction of sp³-hybridized carbons (Fsp3) is 0.176. The van der Waals surface area contributed by atoms with Gasteiger partial charge in [0.2, 0.25) is 0 Å². The number of carboxylic acids is 1. The number of aliphatic carboxylic acids is 1. The second kappa shape index (κ2) is 7.01. The summed E-state index contributed by atoms with van der Waals surface area (Å²) in [6.45, 7) is 0. The number of hydrogen-bond acceptors (Lipinski definition) is 2. The van der Waals surface area contributed by atoms with Crippen LogP contribution < -0.4 is 0 Å². The van der Waals surface area contributed by atoms with Crippen molar-refractivity contribution >= 4 is 51.8 Å². The third kappa shape index (κ3) is 3.83. The average molecular weight is 384 g/mol. The number of halogens is 3. The number of rotatable bonds is 5. The highest BCUT2D eigenvalue weighted by atomic mass is 35.5. The minimum atomic E-state index is -0.868. The minimum Gasteiger partial charge on any atom is -0.481 e. The van der Waals surface area contributed by atoms with Gasteiger partial charge >= 0.3 is 5.97 Å². The number of fused-ring (bicyclic) bond motifs is 1. The quantitative estimate of drug-likeness (QED) is 0.626. The Labute approximate surface area is 153 Å². The van der Waals surface area contributed by atoms with Crippen LogP contribution in [0.1, 0.15) is 23.7 Å². The molecule has 24 heavy (non-hydrogen) atoms. The van der Waals surface area contributed by atoms with Crippen LogP contribution in [0.5, 0.6) is 0 Å². The summed E-state index contributed by atoms with van der Waals surface area (Å²) in [6.07, 6.45) is 0.434. The summed E-state index contributed by atoms with van der Waals surface area (Å²) >= 11 is 18.1. The van der Waals surface area contributed by atoms with Crippen molar-refractivity contribution in [3.8, 4) is 0 Å². The summed E-state index contributed by atoms with van der Waals surface area (Å²) in [5.74, 6) is -0.433. The Morgan fingerprint density at radius 1 is 1.12 bits per heavy atom. The number of H-pyrrole nitrogens is 1.